The van der Waals surface area contributed by atoms with Crippen LogP contribution in [-0.4, -0.2) is 38.9 Å². The number of hydrogen-bond acceptors (Lipinski definition) is 7. The fourth-order valence-corrected chi connectivity index (χ4v) is 2.68. The quantitative estimate of drug-likeness (QED) is 0.501. The van der Waals surface area contributed by atoms with Crippen molar-refractivity contribution in [1.29, 1.82) is 0 Å². The van der Waals surface area contributed by atoms with E-state index in [0.717, 1.165) is 23.4 Å². The summed E-state index contributed by atoms with van der Waals surface area (Å²) in [6, 6.07) is 9.16. The highest BCUT2D eigenvalue weighted by Gasteiger charge is 2.10. The van der Waals surface area contributed by atoms with E-state index >= 15 is 0 Å². The number of pyridine rings is 1. The number of benzene rings is 1. The minimum absolute atomic E-state index is 0.0352. The fraction of sp³-hybridized carbons (Fsp3) is 0.211. The van der Waals surface area contributed by atoms with Gasteiger partial charge in [0.1, 0.15) is 6.33 Å². The van der Waals surface area contributed by atoms with Gasteiger partial charge in [-0.25, -0.2) is 9.97 Å². The van der Waals surface area contributed by atoms with Gasteiger partial charge in [0, 0.05) is 42.5 Å². The number of nitrogens with one attached hydrogen (secondary N) is 3. The molecule has 28 heavy (non-hydrogen) atoms. The van der Waals surface area contributed by atoms with Crippen LogP contribution in [0, 0.1) is 0 Å². The zero-order chi connectivity index (χ0) is 19.8. The second kappa shape index (κ2) is 9.61. The summed E-state index contributed by atoms with van der Waals surface area (Å²) < 4.78 is 0. The van der Waals surface area contributed by atoms with Crippen LogP contribution in [0.5, 0.6) is 0 Å². The summed E-state index contributed by atoms with van der Waals surface area (Å²) in [5.41, 5.74) is 2.41. The van der Waals surface area contributed by atoms with Gasteiger partial charge in [-0.2, -0.15) is 4.98 Å². The van der Waals surface area contributed by atoms with E-state index < -0.39 is 0 Å². The van der Waals surface area contributed by atoms with Crippen molar-refractivity contribution in [3.8, 4) is 11.4 Å². The predicted octanol–water partition coefficient (Wildman–Crippen LogP) is 3.27. The summed E-state index contributed by atoms with van der Waals surface area (Å²) >= 11 is 6.02. The first-order valence-electron chi connectivity index (χ1n) is 8.76. The lowest BCUT2D eigenvalue weighted by molar-refractivity contribution is -0.118. The van der Waals surface area contributed by atoms with Crippen molar-refractivity contribution in [3.63, 3.8) is 0 Å². The molecular weight excluding hydrogens is 378 g/mol. The van der Waals surface area contributed by atoms with Crippen LogP contribution in [0.25, 0.3) is 11.4 Å². The van der Waals surface area contributed by atoms with Crippen molar-refractivity contribution in [3.05, 3.63) is 54.1 Å². The van der Waals surface area contributed by atoms with Gasteiger partial charge in [0.25, 0.3) is 0 Å². The number of nitrogens with zero attached hydrogens (tertiary/aromatic N) is 4. The van der Waals surface area contributed by atoms with Gasteiger partial charge in [0.15, 0.2) is 5.82 Å². The molecular formula is C19H20ClN7O. The topological polar surface area (TPSA) is 105 Å². The van der Waals surface area contributed by atoms with E-state index in [0.29, 0.717) is 29.9 Å². The Morgan fingerprint density at radius 3 is 2.89 bits per heavy atom. The summed E-state index contributed by atoms with van der Waals surface area (Å²) in [7, 11) is 0. The molecule has 0 spiro atoms. The van der Waals surface area contributed by atoms with Crippen LogP contribution >= 0.6 is 11.6 Å². The number of carbonyl (C=O) groups excluding carboxylic acids is 1. The summed E-state index contributed by atoms with van der Waals surface area (Å²) in [5, 5.41) is 9.82. The van der Waals surface area contributed by atoms with E-state index in [4.69, 9.17) is 11.6 Å². The summed E-state index contributed by atoms with van der Waals surface area (Å²) in [4.78, 5) is 28.0. The van der Waals surface area contributed by atoms with Gasteiger partial charge in [-0.1, -0.05) is 17.7 Å². The molecule has 144 valence electrons. The SMILES string of the molecule is CC(=O)NCCCNc1cnccc1-c1ncnc(Nc2cccc(Cl)c2)n1. The number of anilines is 3. The molecule has 3 N–H and O–H groups in total. The predicted molar refractivity (Wildman–Crippen MR) is 110 cm³/mol. The number of halogens is 1. The summed E-state index contributed by atoms with van der Waals surface area (Å²) in [5.74, 6) is 0.902. The van der Waals surface area contributed by atoms with Crippen molar-refractivity contribution in [1.82, 2.24) is 25.3 Å². The molecule has 1 aromatic carbocycles. The van der Waals surface area contributed by atoms with Gasteiger partial charge < -0.3 is 16.0 Å². The Morgan fingerprint density at radius 1 is 1.18 bits per heavy atom. The first kappa shape index (κ1) is 19.5. The molecule has 2 aromatic heterocycles. The third-order valence-electron chi connectivity index (χ3n) is 3.76. The second-order valence-electron chi connectivity index (χ2n) is 5.95. The smallest absolute Gasteiger partial charge is 0.230 e. The van der Waals surface area contributed by atoms with Gasteiger partial charge >= 0.3 is 0 Å². The van der Waals surface area contributed by atoms with Crippen LogP contribution < -0.4 is 16.0 Å². The molecule has 0 bridgehead atoms. The van der Waals surface area contributed by atoms with E-state index in [-0.39, 0.29) is 5.91 Å². The highest BCUT2D eigenvalue weighted by Crippen LogP contribution is 2.25. The third-order valence-corrected chi connectivity index (χ3v) is 3.99. The average molecular weight is 398 g/mol. The van der Waals surface area contributed by atoms with Crippen LogP contribution in [-0.2, 0) is 4.79 Å². The molecule has 0 radical (unpaired) electrons. The van der Waals surface area contributed by atoms with Crippen molar-refractivity contribution >= 4 is 34.8 Å². The van der Waals surface area contributed by atoms with Gasteiger partial charge in [-0.15, -0.1) is 0 Å². The zero-order valence-corrected chi connectivity index (χ0v) is 16.1. The normalized spacial score (nSPS) is 10.4. The first-order valence-corrected chi connectivity index (χ1v) is 9.14. The molecule has 0 aliphatic rings. The maximum atomic E-state index is 10.9. The maximum Gasteiger partial charge on any atom is 0.230 e. The molecule has 0 fully saturated rings. The monoisotopic (exact) mass is 397 g/mol. The van der Waals surface area contributed by atoms with Crippen LogP contribution in [0.2, 0.25) is 5.02 Å². The van der Waals surface area contributed by atoms with Gasteiger partial charge in [-0.3, -0.25) is 9.78 Å². The van der Waals surface area contributed by atoms with Crippen molar-refractivity contribution in [2.75, 3.05) is 23.7 Å². The van der Waals surface area contributed by atoms with E-state index in [1.807, 2.05) is 18.2 Å². The summed E-state index contributed by atoms with van der Waals surface area (Å²) in [6.07, 6.45) is 5.65. The van der Waals surface area contributed by atoms with Crippen molar-refractivity contribution in [2.24, 2.45) is 0 Å². The first-order chi connectivity index (χ1) is 13.6. The number of hydrogen-bond donors (Lipinski definition) is 3. The van der Waals surface area contributed by atoms with Crippen LogP contribution in [0.1, 0.15) is 13.3 Å². The molecule has 0 aliphatic carbocycles. The van der Waals surface area contributed by atoms with Crippen molar-refractivity contribution in [2.45, 2.75) is 13.3 Å². The highest BCUT2D eigenvalue weighted by molar-refractivity contribution is 6.30. The third kappa shape index (κ3) is 5.62. The number of rotatable bonds is 8. The Labute approximate surface area is 167 Å². The Bertz CT molecular complexity index is 951. The van der Waals surface area contributed by atoms with Gasteiger partial charge in [-0.05, 0) is 30.7 Å². The van der Waals surface area contributed by atoms with Gasteiger partial charge in [0.2, 0.25) is 11.9 Å². The lowest BCUT2D eigenvalue weighted by Crippen LogP contribution is -2.22. The Balaban J connectivity index is 1.72. The number of amides is 1. The molecule has 0 saturated carbocycles. The Morgan fingerprint density at radius 2 is 2.07 bits per heavy atom. The standard InChI is InChI=1S/C19H20ClN7O/c1-13(28)22-7-3-8-23-17-11-21-9-6-16(17)18-24-12-25-19(27-18)26-15-5-2-4-14(20)10-15/h2,4-6,9-12,23H,3,7-8H2,1H3,(H,22,28)(H,24,25,26,27). The average Bonchev–Trinajstić information content (AvgIpc) is 2.68. The second-order valence-corrected chi connectivity index (χ2v) is 6.39. The van der Waals surface area contributed by atoms with E-state index in [1.165, 1.54) is 13.3 Å². The molecule has 9 heteroatoms. The number of carbonyl (C=O) groups is 1. The zero-order valence-electron chi connectivity index (χ0n) is 15.3. The van der Waals surface area contributed by atoms with E-state index in [1.54, 1.807) is 24.5 Å². The Kier molecular flexibility index (Phi) is 6.69. The van der Waals surface area contributed by atoms with E-state index in [2.05, 4.69) is 35.9 Å². The summed E-state index contributed by atoms with van der Waals surface area (Å²) in [6.45, 7) is 2.79. The lowest BCUT2D eigenvalue weighted by atomic mass is 10.2. The molecule has 0 aliphatic heterocycles. The maximum absolute atomic E-state index is 10.9. The molecule has 2 heterocycles. The van der Waals surface area contributed by atoms with E-state index in [9.17, 15) is 4.79 Å². The molecule has 0 unspecified atom stereocenters. The molecule has 1 amide bonds. The lowest BCUT2D eigenvalue weighted by Gasteiger charge is -2.11. The molecule has 0 atom stereocenters. The molecule has 3 rings (SSSR count). The van der Waals surface area contributed by atoms with Crippen LogP contribution in [0.3, 0.4) is 0 Å². The molecule has 3 aromatic rings. The van der Waals surface area contributed by atoms with Crippen LogP contribution in [0.15, 0.2) is 49.1 Å². The van der Waals surface area contributed by atoms with Crippen molar-refractivity contribution < 1.29 is 4.79 Å². The molecule has 8 nitrogen and oxygen atoms in total. The highest BCUT2D eigenvalue weighted by atomic mass is 35.5. The number of aromatic nitrogens is 4. The van der Waals surface area contributed by atoms with Gasteiger partial charge in [0.05, 0.1) is 11.9 Å². The Hall–Kier alpha value is -3.26. The minimum Gasteiger partial charge on any atom is -0.383 e. The molecule has 0 saturated heterocycles. The largest absolute Gasteiger partial charge is 0.383 e. The minimum atomic E-state index is -0.0352. The van der Waals surface area contributed by atoms with Crippen LogP contribution in [0.4, 0.5) is 17.3 Å². The fourth-order valence-electron chi connectivity index (χ4n) is 2.49.